The number of amides is 2. The van der Waals surface area contributed by atoms with E-state index >= 15 is 0 Å². The van der Waals surface area contributed by atoms with Crippen LogP contribution >= 0.6 is 0 Å². The number of nitrogens with zero attached hydrogens (tertiary/aromatic N) is 2. The zero-order valence-corrected chi connectivity index (χ0v) is 33.8. The van der Waals surface area contributed by atoms with E-state index < -0.39 is 39.7 Å². The van der Waals surface area contributed by atoms with Crippen molar-refractivity contribution >= 4 is 50.8 Å². The molecule has 6 rings (SSSR count). The number of piperidine rings is 1. The molecule has 1 aliphatic carbocycles. The maximum atomic E-state index is 13.9. The molecule has 0 atom stereocenters. The Morgan fingerprint density at radius 1 is 0.712 bits per heavy atom. The molecule has 0 bridgehead atoms. The van der Waals surface area contributed by atoms with Crippen molar-refractivity contribution in [3.8, 4) is 0 Å². The number of aromatic carboxylic acids is 1. The lowest BCUT2D eigenvalue weighted by molar-refractivity contribution is -0.143. The average molecular weight is 835 g/mol. The fourth-order valence-corrected chi connectivity index (χ4v) is 9.34. The Bertz CT molecular complexity index is 2170. The first kappa shape index (κ1) is 47.7. The van der Waals surface area contributed by atoms with Crippen molar-refractivity contribution in [3.63, 3.8) is 0 Å². The Hall–Kier alpha value is -5.65. The number of carboxylic acids is 2. The molecule has 4 aromatic rings. The maximum Gasteiger partial charge on any atom is 0.335 e. The van der Waals surface area contributed by atoms with Crippen molar-refractivity contribution in [1.82, 2.24) is 4.31 Å². The smallest absolute Gasteiger partial charge is 0.335 e. The molecule has 10 N–H and O–H groups in total. The molecule has 1 aliphatic heterocycles. The van der Waals surface area contributed by atoms with Gasteiger partial charge in [0.25, 0.3) is 11.8 Å². The fraction of sp³-hybridized carbons (Fsp3) is 0.349. The summed E-state index contributed by atoms with van der Waals surface area (Å²) in [6.45, 7) is 3.67. The Morgan fingerprint density at radius 2 is 1.32 bits per heavy atom. The standard InChI is InChI=1S/C43H48N4O8S.3H2O/c1-2-47(35-21-17-32(18-22-35)43(52)53)56(54,55)37-8-6-7-33(27-37)40(48)45-39-24-23-36(46-25-4-3-5-26-46)28-38(39)41(49)44-34-19-13-30(14-20-34)10-9-29-11-15-31(16-12-29)42(50)51;;;/h6-8,11-16,19-20,23-24,27-28,32,35H,2-5,9-10,17-18,21-22,25-26H2,1H3,(H,44,49)(H,45,48)(H,50,51)(H,52,53);3*1H2. The van der Waals surface area contributed by atoms with E-state index in [1.54, 1.807) is 31.2 Å². The van der Waals surface area contributed by atoms with Crippen LogP contribution in [0.4, 0.5) is 17.1 Å². The maximum absolute atomic E-state index is 13.9. The molecular formula is C43H54N4O11S. The number of carbonyl (C=O) groups excluding carboxylic acids is 2. The Labute approximate surface area is 344 Å². The van der Waals surface area contributed by atoms with Crippen LogP contribution in [0.5, 0.6) is 0 Å². The van der Waals surface area contributed by atoms with Gasteiger partial charge in [0.1, 0.15) is 0 Å². The Morgan fingerprint density at radius 3 is 1.90 bits per heavy atom. The van der Waals surface area contributed by atoms with Crippen molar-refractivity contribution in [2.24, 2.45) is 5.92 Å². The lowest BCUT2D eigenvalue weighted by Gasteiger charge is -2.34. The molecule has 2 aliphatic rings. The van der Waals surface area contributed by atoms with Crippen LogP contribution < -0.4 is 15.5 Å². The zero-order valence-electron chi connectivity index (χ0n) is 32.9. The lowest BCUT2D eigenvalue weighted by Crippen LogP contribution is -2.42. The first-order valence-electron chi connectivity index (χ1n) is 19.2. The molecule has 59 heavy (non-hydrogen) atoms. The minimum Gasteiger partial charge on any atom is -0.481 e. The number of carbonyl (C=O) groups is 4. The summed E-state index contributed by atoms with van der Waals surface area (Å²) in [5.41, 5.74) is 4.38. The number of hydrogen-bond acceptors (Lipinski definition) is 7. The summed E-state index contributed by atoms with van der Waals surface area (Å²) in [4.78, 5) is 52.5. The van der Waals surface area contributed by atoms with Gasteiger partial charge >= 0.3 is 11.9 Å². The van der Waals surface area contributed by atoms with E-state index in [0.717, 1.165) is 62.0 Å². The minimum absolute atomic E-state index is 0. The van der Waals surface area contributed by atoms with Crippen LogP contribution in [0.1, 0.15) is 94.1 Å². The van der Waals surface area contributed by atoms with Crippen molar-refractivity contribution < 1.29 is 54.2 Å². The van der Waals surface area contributed by atoms with E-state index in [4.69, 9.17) is 5.11 Å². The van der Waals surface area contributed by atoms with Gasteiger partial charge in [0.2, 0.25) is 10.0 Å². The second-order valence-electron chi connectivity index (χ2n) is 14.5. The van der Waals surface area contributed by atoms with Gasteiger partial charge < -0.3 is 42.2 Å². The monoisotopic (exact) mass is 834 g/mol. The molecule has 1 saturated heterocycles. The normalized spacial score (nSPS) is 16.4. The highest BCUT2D eigenvalue weighted by molar-refractivity contribution is 7.89. The molecule has 1 saturated carbocycles. The first-order valence-corrected chi connectivity index (χ1v) is 20.6. The number of aryl methyl sites for hydroxylation is 2. The van der Waals surface area contributed by atoms with Crippen LogP contribution in [-0.4, -0.2) is 88.8 Å². The van der Waals surface area contributed by atoms with Gasteiger partial charge in [-0.1, -0.05) is 37.3 Å². The molecule has 0 radical (unpaired) electrons. The highest BCUT2D eigenvalue weighted by Gasteiger charge is 2.35. The van der Waals surface area contributed by atoms with Crippen molar-refractivity contribution in [3.05, 3.63) is 119 Å². The van der Waals surface area contributed by atoms with Gasteiger partial charge in [0.05, 0.1) is 27.6 Å². The van der Waals surface area contributed by atoms with Crippen LogP contribution in [0.15, 0.2) is 95.9 Å². The first-order chi connectivity index (χ1) is 26.9. The second kappa shape index (κ2) is 21.4. The number of nitrogens with one attached hydrogen (secondary N) is 2. The lowest BCUT2D eigenvalue weighted by atomic mass is 9.86. The van der Waals surface area contributed by atoms with E-state index in [0.29, 0.717) is 31.4 Å². The third kappa shape index (κ3) is 11.7. The SMILES string of the molecule is CCN(C1CCC(C(=O)O)CC1)S(=O)(=O)c1cccc(C(=O)Nc2ccc(N3CCCCC3)cc2C(=O)Nc2ccc(CCc3ccc(C(=O)O)cc3)cc2)c1.O.O.O. The van der Waals surface area contributed by atoms with E-state index in [2.05, 4.69) is 15.5 Å². The summed E-state index contributed by atoms with van der Waals surface area (Å²) in [6.07, 6.45) is 6.36. The van der Waals surface area contributed by atoms with Crippen LogP contribution in [0.3, 0.4) is 0 Å². The van der Waals surface area contributed by atoms with Gasteiger partial charge in [0.15, 0.2) is 0 Å². The second-order valence-corrected chi connectivity index (χ2v) is 16.4. The van der Waals surface area contributed by atoms with E-state index in [-0.39, 0.29) is 56.3 Å². The minimum atomic E-state index is -4.00. The molecule has 2 amide bonds. The van der Waals surface area contributed by atoms with Crippen LogP contribution in [0, 0.1) is 5.92 Å². The molecule has 4 aromatic carbocycles. The molecule has 0 unspecified atom stereocenters. The molecule has 16 heteroatoms. The number of aliphatic carboxylic acids is 1. The third-order valence-electron chi connectivity index (χ3n) is 10.8. The van der Waals surface area contributed by atoms with Crippen molar-refractivity contribution in [2.75, 3.05) is 35.2 Å². The molecule has 0 aromatic heterocycles. The molecule has 1 heterocycles. The number of anilines is 3. The van der Waals surface area contributed by atoms with Gasteiger partial charge in [-0.15, -0.1) is 0 Å². The summed E-state index contributed by atoms with van der Waals surface area (Å²) in [6, 6.07) is 25.1. The Kier molecular flexibility index (Phi) is 17.3. The summed E-state index contributed by atoms with van der Waals surface area (Å²) in [7, 11) is -4.00. The third-order valence-corrected chi connectivity index (χ3v) is 12.8. The van der Waals surface area contributed by atoms with Crippen molar-refractivity contribution in [1.29, 1.82) is 0 Å². The van der Waals surface area contributed by atoms with Crippen LogP contribution in [0.25, 0.3) is 0 Å². The topological polar surface area (TPSA) is 268 Å². The number of carboxylic acid groups (broad SMARTS) is 2. The van der Waals surface area contributed by atoms with Crippen LogP contribution in [-0.2, 0) is 27.7 Å². The summed E-state index contributed by atoms with van der Waals surface area (Å²) < 4.78 is 29.1. The summed E-state index contributed by atoms with van der Waals surface area (Å²) >= 11 is 0. The number of sulfonamides is 1. The quantitative estimate of drug-likeness (QED) is 0.135. The van der Waals surface area contributed by atoms with Gasteiger partial charge in [0, 0.05) is 42.6 Å². The highest BCUT2D eigenvalue weighted by Crippen LogP contribution is 2.32. The van der Waals surface area contributed by atoms with E-state index in [1.807, 2.05) is 42.5 Å². The average Bonchev–Trinajstić information content (AvgIpc) is 3.21. The van der Waals surface area contributed by atoms with E-state index in [9.17, 15) is 32.7 Å². The molecule has 2 fully saturated rings. The van der Waals surface area contributed by atoms with Crippen LogP contribution in [0.2, 0.25) is 0 Å². The predicted octanol–water partition coefficient (Wildman–Crippen LogP) is 4.84. The molecular weight excluding hydrogens is 781 g/mol. The molecule has 15 nitrogen and oxygen atoms in total. The largest absolute Gasteiger partial charge is 0.481 e. The number of hydrogen-bond donors (Lipinski definition) is 4. The fourth-order valence-electron chi connectivity index (χ4n) is 7.60. The van der Waals surface area contributed by atoms with Gasteiger partial charge in [-0.05, 0) is 130 Å². The number of benzene rings is 4. The molecule has 0 spiro atoms. The van der Waals surface area contributed by atoms with Crippen molar-refractivity contribution in [2.45, 2.75) is 75.6 Å². The van der Waals surface area contributed by atoms with E-state index in [1.165, 1.54) is 28.6 Å². The number of rotatable bonds is 14. The molecule has 318 valence electrons. The summed E-state index contributed by atoms with van der Waals surface area (Å²) in [5.74, 6) is -3.29. The Balaban J connectivity index is 0.00000310. The highest BCUT2D eigenvalue weighted by atomic mass is 32.2. The predicted molar refractivity (Wildman–Crippen MR) is 226 cm³/mol. The van der Waals surface area contributed by atoms with Gasteiger partial charge in [-0.2, -0.15) is 4.31 Å². The van der Waals surface area contributed by atoms with Gasteiger partial charge in [-0.3, -0.25) is 14.4 Å². The van der Waals surface area contributed by atoms with Gasteiger partial charge in [-0.25, -0.2) is 13.2 Å². The zero-order chi connectivity index (χ0) is 39.8. The summed E-state index contributed by atoms with van der Waals surface area (Å²) in [5, 5.41) is 24.4.